The van der Waals surface area contributed by atoms with Crippen molar-refractivity contribution in [2.24, 2.45) is 11.8 Å². The number of unbranched alkanes of at least 4 members (excludes halogenated alkanes) is 1. The number of anilines is 1. The fourth-order valence-corrected chi connectivity index (χ4v) is 8.00. The highest BCUT2D eigenvalue weighted by Crippen LogP contribution is 2.39. The second-order valence-corrected chi connectivity index (χ2v) is 13.5. The van der Waals surface area contributed by atoms with Gasteiger partial charge in [0.05, 0.1) is 11.6 Å². The maximum Gasteiger partial charge on any atom is 0.168 e. The Kier molecular flexibility index (Phi) is 9.00. The number of H-pyrrole nitrogens is 1. The second-order valence-electron chi connectivity index (χ2n) is 13.5. The number of benzene rings is 3. The molecule has 2 aliphatic heterocycles. The normalized spacial score (nSPS) is 19.7. The van der Waals surface area contributed by atoms with Gasteiger partial charge in [0.15, 0.2) is 5.78 Å². The smallest absolute Gasteiger partial charge is 0.168 e. The number of carbonyl (C=O) groups is 1. The van der Waals surface area contributed by atoms with Gasteiger partial charge in [0.25, 0.3) is 0 Å². The van der Waals surface area contributed by atoms with Gasteiger partial charge in [-0.3, -0.25) is 14.6 Å². The van der Waals surface area contributed by atoms with Crippen molar-refractivity contribution in [1.29, 1.82) is 5.26 Å². The number of ketones is 1. The quantitative estimate of drug-likeness (QED) is 0.202. The Balaban J connectivity index is 0.873. The molecule has 1 N–H and O–H groups in total. The van der Waals surface area contributed by atoms with Gasteiger partial charge in [-0.2, -0.15) is 5.26 Å². The topological polar surface area (TPSA) is 66.4 Å². The standard InChI is InChI=1S/C39H45N5O/c40-26-31-12-13-36-35(24-31)33(27-41-36)9-4-5-16-42-19-21-44(22-20-42)37-11-6-10-32-25-34(39(45)38(32)37)23-29-14-17-43(18-15-29)28-30-7-2-1-3-8-30/h1-3,6-8,10-13,24,27,29,34,41H,4-5,9,14-23,25,28H2. The van der Waals surface area contributed by atoms with Crippen molar-refractivity contribution in [2.75, 3.05) is 50.7 Å². The first-order valence-corrected chi connectivity index (χ1v) is 17.0. The molecular weight excluding hydrogens is 554 g/mol. The number of piperidine rings is 1. The lowest BCUT2D eigenvalue weighted by Gasteiger charge is -2.37. The molecular formula is C39H45N5O. The minimum Gasteiger partial charge on any atom is -0.368 e. The van der Waals surface area contributed by atoms with Crippen molar-refractivity contribution < 1.29 is 4.79 Å². The number of nitrogens with zero attached hydrogens (tertiary/aromatic N) is 4. The molecule has 1 aromatic heterocycles. The molecule has 1 unspecified atom stereocenters. The molecule has 2 saturated heterocycles. The third-order valence-electron chi connectivity index (χ3n) is 10.6. The molecule has 7 rings (SSSR count). The number of fused-ring (bicyclic) bond motifs is 2. The fraction of sp³-hybridized carbons (Fsp3) is 0.436. The number of Topliss-reactive ketones (excluding diaryl/α,β-unsaturated/α-hetero) is 1. The van der Waals surface area contributed by atoms with E-state index in [1.807, 2.05) is 18.2 Å². The van der Waals surface area contributed by atoms with Crippen LogP contribution >= 0.6 is 0 Å². The third-order valence-corrected chi connectivity index (χ3v) is 10.6. The van der Waals surface area contributed by atoms with Crippen molar-refractivity contribution in [3.8, 4) is 6.07 Å². The molecule has 3 aromatic carbocycles. The van der Waals surface area contributed by atoms with E-state index in [0.29, 0.717) is 11.7 Å². The van der Waals surface area contributed by atoms with Crippen LogP contribution < -0.4 is 4.90 Å². The van der Waals surface area contributed by atoms with Gasteiger partial charge >= 0.3 is 0 Å². The molecule has 0 radical (unpaired) electrons. The predicted octanol–water partition coefficient (Wildman–Crippen LogP) is 6.84. The van der Waals surface area contributed by atoms with E-state index in [-0.39, 0.29) is 5.92 Å². The highest BCUT2D eigenvalue weighted by molar-refractivity contribution is 6.07. The van der Waals surface area contributed by atoms with E-state index >= 15 is 0 Å². The maximum absolute atomic E-state index is 13.8. The van der Waals surface area contributed by atoms with Crippen molar-refractivity contribution in [3.05, 3.63) is 101 Å². The van der Waals surface area contributed by atoms with E-state index in [2.05, 4.69) is 80.5 Å². The van der Waals surface area contributed by atoms with Crippen LogP contribution in [0, 0.1) is 23.2 Å². The van der Waals surface area contributed by atoms with Gasteiger partial charge in [-0.15, -0.1) is 0 Å². The Morgan fingerprint density at radius 3 is 2.49 bits per heavy atom. The zero-order valence-electron chi connectivity index (χ0n) is 26.4. The Morgan fingerprint density at radius 1 is 0.867 bits per heavy atom. The summed E-state index contributed by atoms with van der Waals surface area (Å²) in [6.07, 6.45) is 9.79. The zero-order chi connectivity index (χ0) is 30.6. The summed E-state index contributed by atoms with van der Waals surface area (Å²) in [5.74, 6) is 1.20. The Labute approximate surface area is 267 Å². The summed E-state index contributed by atoms with van der Waals surface area (Å²) < 4.78 is 0. The van der Waals surface area contributed by atoms with Gasteiger partial charge in [0.1, 0.15) is 0 Å². The number of hydrogen-bond acceptors (Lipinski definition) is 5. The van der Waals surface area contributed by atoms with Crippen molar-refractivity contribution in [2.45, 2.75) is 51.5 Å². The summed E-state index contributed by atoms with van der Waals surface area (Å²) in [5.41, 5.74) is 8.00. The van der Waals surface area contributed by atoms with Crippen LogP contribution in [-0.4, -0.2) is 66.4 Å². The average molecular weight is 600 g/mol. The lowest BCUT2D eigenvalue weighted by atomic mass is 9.85. The van der Waals surface area contributed by atoms with Crippen LogP contribution in [0.1, 0.15) is 64.7 Å². The predicted molar refractivity (Wildman–Crippen MR) is 182 cm³/mol. The number of aryl methyl sites for hydroxylation is 1. The van der Waals surface area contributed by atoms with Gasteiger partial charge in [0.2, 0.25) is 0 Å². The van der Waals surface area contributed by atoms with Crippen LogP contribution in [0.4, 0.5) is 5.69 Å². The molecule has 6 nitrogen and oxygen atoms in total. The molecule has 0 spiro atoms. The van der Waals surface area contributed by atoms with Crippen LogP contribution in [0.3, 0.4) is 0 Å². The molecule has 1 atom stereocenters. The largest absolute Gasteiger partial charge is 0.368 e. The minimum atomic E-state index is 0.150. The summed E-state index contributed by atoms with van der Waals surface area (Å²) in [7, 11) is 0. The minimum absolute atomic E-state index is 0.150. The number of nitriles is 1. The molecule has 45 heavy (non-hydrogen) atoms. The van der Waals surface area contributed by atoms with Crippen LogP contribution in [0.5, 0.6) is 0 Å². The zero-order valence-corrected chi connectivity index (χ0v) is 26.4. The van der Waals surface area contributed by atoms with Crippen LogP contribution in [0.15, 0.2) is 72.9 Å². The fourth-order valence-electron chi connectivity index (χ4n) is 8.00. The molecule has 1 aliphatic carbocycles. The number of aromatic amines is 1. The van der Waals surface area contributed by atoms with Gasteiger partial charge < -0.3 is 9.88 Å². The van der Waals surface area contributed by atoms with Crippen molar-refractivity contribution in [3.63, 3.8) is 0 Å². The van der Waals surface area contributed by atoms with Crippen LogP contribution in [0.25, 0.3) is 10.9 Å². The Morgan fingerprint density at radius 2 is 1.69 bits per heavy atom. The van der Waals surface area contributed by atoms with Crippen LogP contribution in [-0.2, 0) is 19.4 Å². The van der Waals surface area contributed by atoms with Crippen LogP contribution in [0.2, 0.25) is 0 Å². The summed E-state index contributed by atoms with van der Waals surface area (Å²) >= 11 is 0. The number of carbonyl (C=O) groups excluding carboxylic acids is 1. The molecule has 232 valence electrons. The summed E-state index contributed by atoms with van der Waals surface area (Å²) in [6.45, 7) is 8.46. The van der Waals surface area contributed by atoms with E-state index in [9.17, 15) is 10.1 Å². The molecule has 0 bridgehead atoms. The lowest BCUT2D eigenvalue weighted by molar-refractivity contribution is 0.0896. The third kappa shape index (κ3) is 6.71. The first kappa shape index (κ1) is 29.8. The summed E-state index contributed by atoms with van der Waals surface area (Å²) in [6, 6.07) is 25.5. The first-order valence-electron chi connectivity index (χ1n) is 17.0. The van der Waals surface area contributed by atoms with E-state index in [1.54, 1.807) is 0 Å². The number of piperazine rings is 1. The van der Waals surface area contributed by atoms with Gasteiger partial charge in [-0.05, 0) is 111 Å². The molecule has 6 heteroatoms. The molecule has 3 heterocycles. The highest BCUT2D eigenvalue weighted by atomic mass is 16.1. The number of aromatic nitrogens is 1. The van der Waals surface area contributed by atoms with Gasteiger partial charge in [-0.25, -0.2) is 0 Å². The molecule has 0 saturated carbocycles. The second kappa shape index (κ2) is 13.6. The van der Waals surface area contributed by atoms with Gasteiger partial charge in [-0.1, -0.05) is 42.5 Å². The maximum atomic E-state index is 13.8. The SMILES string of the molecule is N#Cc1ccc2[nH]cc(CCCCN3CCN(c4cccc5c4C(=O)C(CC4CCN(Cc6ccccc6)CC4)C5)CC3)c2c1. The monoisotopic (exact) mass is 599 g/mol. The lowest BCUT2D eigenvalue weighted by Crippen LogP contribution is -2.47. The molecule has 0 amide bonds. The first-order chi connectivity index (χ1) is 22.1. The number of likely N-dealkylation sites (tertiary alicyclic amines) is 1. The summed E-state index contributed by atoms with van der Waals surface area (Å²) in [4.78, 5) is 24.8. The van der Waals surface area contributed by atoms with E-state index in [1.165, 1.54) is 40.6 Å². The Bertz CT molecular complexity index is 1650. The summed E-state index contributed by atoms with van der Waals surface area (Å²) in [5, 5.41) is 10.4. The molecule has 2 fully saturated rings. The molecule has 3 aliphatic rings. The van der Waals surface area contributed by atoms with E-state index in [0.717, 1.165) is 101 Å². The van der Waals surface area contributed by atoms with E-state index in [4.69, 9.17) is 0 Å². The van der Waals surface area contributed by atoms with E-state index < -0.39 is 0 Å². The number of rotatable bonds is 10. The average Bonchev–Trinajstić information content (AvgIpc) is 3.64. The van der Waals surface area contributed by atoms with Crippen molar-refractivity contribution >= 4 is 22.4 Å². The van der Waals surface area contributed by atoms with Gasteiger partial charge in [0, 0.05) is 67.0 Å². The Hall–Kier alpha value is -3.92. The highest BCUT2D eigenvalue weighted by Gasteiger charge is 2.36. The molecule has 4 aromatic rings. The van der Waals surface area contributed by atoms with Crippen molar-refractivity contribution in [1.82, 2.24) is 14.8 Å². The number of nitrogens with one attached hydrogen (secondary N) is 1. The number of hydrogen-bond donors (Lipinski definition) is 1.